The molecular weight excluding hydrogens is 573 g/mol. The number of halogens is 2. The summed E-state index contributed by atoms with van der Waals surface area (Å²) >= 11 is 12.3. The third kappa shape index (κ3) is 8.87. The lowest BCUT2D eigenvalue weighted by atomic mass is 10.0. The number of nitrogens with zero attached hydrogens (tertiary/aromatic N) is 2. The predicted molar refractivity (Wildman–Crippen MR) is 159 cm³/mol. The van der Waals surface area contributed by atoms with Crippen molar-refractivity contribution in [2.24, 2.45) is 0 Å². The SMILES string of the molecule is COc1cccc(CN(C(=O)CN(c2cc(Cl)cc(Cl)c2)S(C)(=O)=O)[C@@H](Cc2ccccc2)C(=O)NC(C)C)c1. The second-order valence-electron chi connectivity index (χ2n) is 9.64. The molecule has 0 aliphatic rings. The summed E-state index contributed by atoms with van der Waals surface area (Å²) in [6.07, 6.45) is 1.21. The molecule has 1 atom stereocenters. The smallest absolute Gasteiger partial charge is 0.244 e. The lowest BCUT2D eigenvalue weighted by molar-refractivity contribution is -0.140. The molecule has 0 unspecified atom stereocenters. The van der Waals surface area contributed by atoms with Crippen LogP contribution in [-0.4, -0.2) is 57.1 Å². The lowest BCUT2D eigenvalue weighted by Gasteiger charge is -2.34. The molecule has 3 aromatic rings. The number of anilines is 1. The first-order chi connectivity index (χ1) is 18.9. The molecule has 3 aromatic carbocycles. The summed E-state index contributed by atoms with van der Waals surface area (Å²) in [5.74, 6) is -0.349. The van der Waals surface area contributed by atoms with Crippen molar-refractivity contribution in [3.05, 3.63) is 94.0 Å². The Labute approximate surface area is 245 Å². The van der Waals surface area contributed by atoms with Gasteiger partial charge in [-0.05, 0) is 55.3 Å². The van der Waals surface area contributed by atoms with E-state index in [-0.39, 0.29) is 40.6 Å². The molecule has 40 heavy (non-hydrogen) atoms. The second-order valence-corrected chi connectivity index (χ2v) is 12.4. The molecule has 0 bridgehead atoms. The van der Waals surface area contributed by atoms with Crippen LogP contribution in [-0.2, 0) is 32.6 Å². The monoisotopic (exact) mass is 605 g/mol. The zero-order chi connectivity index (χ0) is 29.4. The number of nitrogens with one attached hydrogen (secondary N) is 1. The van der Waals surface area contributed by atoms with Gasteiger partial charge in [-0.25, -0.2) is 8.42 Å². The number of sulfonamides is 1. The summed E-state index contributed by atoms with van der Waals surface area (Å²) in [5.41, 5.74) is 1.69. The van der Waals surface area contributed by atoms with E-state index in [2.05, 4.69) is 5.32 Å². The van der Waals surface area contributed by atoms with Gasteiger partial charge in [0.1, 0.15) is 18.3 Å². The summed E-state index contributed by atoms with van der Waals surface area (Å²) in [6, 6.07) is 19.7. The minimum absolute atomic E-state index is 0.0347. The van der Waals surface area contributed by atoms with E-state index in [1.54, 1.807) is 18.2 Å². The van der Waals surface area contributed by atoms with Crippen LogP contribution in [0, 0.1) is 0 Å². The number of methoxy groups -OCH3 is 1. The summed E-state index contributed by atoms with van der Waals surface area (Å²) in [7, 11) is -2.40. The van der Waals surface area contributed by atoms with Crippen LogP contribution < -0.4 is 14.4 Å². The van der Waals surface area contributed by atoms with Crippen molar-refractivity contribution in [3.63, 3.8) is 0 Å². The van der Waals surface area contributed by atoms with E-state index in [4.69, 9.17) is 27.9 Å². The normalized spacial score (nSPS) is 12.1. The van der Waals surface area contributed by atoms with E-state index in [1.807, 2.05) is 50.2 Å². The third-order valence-electron chi connectivity index (χ3n) is 6.00. The summed E-state index contributed by atoms with van der Waals surface area (Å²) in [6.45, 7) is 3.13. The van der Waals surface area contributed by atoms with Crippen LogP contribution in [0.4, 0.5) is 5.69 Å². The van der Waals surface area contributed by atoms with E-state index in [1.165, 1.54) is 30.2 Å². The minimum Gasteiger partial charge on any atom is -0.497 e. The fourth-order valence-corrected chi connectivity index (χ4v) is 5.55. The molecule has 0 fully saturated rings. The van der Waals surface area contributed by atoms with Gasteiger partial charge in [-0.2, -0.15) is 0 Å². The number of hydrogen-bond acceptors (Lipinski definition) is 5. The molecular formula is C29H33Cl2N3O5S. The summed E-state index contributed by atoms with van der Waals surface area (Å²) in [5, 5.41) is 3.35. The highest BCUT2D eigenvalue weighted by atomic mass is 35.5. The van der Waals surface area contributed by atoms with Crippen molar-refractivity contribution in [1.82, 2.24) is 10.2 Å². The highest BCUT2D eigenvalue weighted by molar-refractivity contribution is 7.92. The molecule has 3 rings (SSSR count). The maximum Gasteiger partial charge on any atom is 0.244 e. The van der Waals surface area contributed by atoms with Gasteiger partial charge in [0.25, 0.3) is 0 Å². The summed E-state index contributed by atoms with van der Waals surface area (Å²) in [4.78, 5) is 29.0. The van der Waals surface area contributed by atoms with Crippen LogP contribution in [0.5, 0.6) is 5.75 Å². The molecule has 0 spiro atoms. The standard InChI is InChI=1S/C29H33Cl2N3O5S/c1-20(2)32-29(36)27(14-21-9-6-5-7-10-21)33(18-22-11-8-12-26(13-22)39-3)28(35)19-34(40(4,37)38)25-16-23(30)15-24(31)17-25/h5-13,15-17,20,27H,14,18-19H2,1-4H3,(H,32,36)/t27-/m0/s1. The van der Waals surface area contributed by atoms with Crippen molar-refractivity contribution in [1.29, 1.82) is 0 Å². The Balaban J connectivity index is 2.09. The fourth-order valence-electron chi connectivity index (χ4n) is 4.20. The molecule has 0 saturated carbocycles. The Bertz CT molecular complexity index is 1410. The summed E-state index contributed by atoms with van der Waals surface area (Å²) < 4.78 is 32.0. The molecule has 0 saturated heterocycles. The molecule has 214 valence electrons. The maximum atomic E-state index is 14.1. The Morgan fingerprint density at radius 1 is 0.925 bits per heavy atom. The van der Waals surface area contributed by atoms with E-state index in [9.17, 15) is 18.0 Å². The van der Waals surface area contributed by atoms with Gasteiger partial charge in [0.05, 0.1) is 19.1 Å². The van der Waals surface area contributed by atoms with Crippen LogP contribution in [0.3, 0.4) is 0 Å². The average Bonchev–Trinajstić information content (AvgIpc) is 2.88. The van der Waals surface area contributed by atoms with Gasteiger partial charge in [-0.1, -0.05) is 65.7 Å². The number of ether oxygens (including phenoxy) is 1. The van der Waals surface area contributed by atoms with Gasteiger partial charge in [-0.3, -0.25) is 13.9 Å². The Kier molecular flexibility index (Phi) is 10.8. The number of amides is 2. The molecule has 0 aliphatic heterocycles. The van der Waals surface area contributed by atoms with Gasteiger partial charge in [0.2, 0.25) is 21.8 Å². The highest BCUT2D eigenvalue weighted by Crippen LogP contribution is 2.28. The average molecular weight is 607 g/mol. The highest BCUT2D eigenvalue weighted by Gasteiger charge is 2.33. The van der Waals surface area contributed by atoms with Crippen molar-refractivity contribution < 1.29 is 22.7 Å². The largest absolute Gasteiger partial charge is 0.497 e. The van der Waals surface area contributed by atoms with E-state index in [0.29, 0.717) is 11.3 Å². The van der Waals surface area contributed by atoms with Crippen LogP contribution in [0.25, 0.3) is 0 Å². The number of carbonyl (C=O) groups excluding carboxylic acids is 2. The van der Waals surface area contributed by atoms with Crippen LogP contribution in [0.15, 0.2) is 72.8 Å². The molecule has 8 nitrogen and oxygen atoms in total. The molecule has 0 radical (unpaired) electrons. The van der Waals surface area contributed by atoms with Crippen molar-refractivity contribution >= 4 is 50.7 Å². The van der Waals surface area contributed by atoms with Crippen LogP contribution >= 0.6 is 23.2 Å². The molecule has 0 heterocycles. The molecule has 0 aliphatic carbocycles. The first-order valence-electron chi connectivity index (χ1n) is 12.6. The number of rotatable bonds is 12. The van der Waals surface area contributed by atoms with Gasteiger partial charge in [-0.15, -0.1) is 0 Å². The molecule has 11 heteroatoms. The fraction of sp³-hybridized carbons (Fsp3) is 0.310. The first kappa shape index (κ1) is 31.3. The predicted octanol–water partition coefficient (Wildman–Crippen LogP) is 4.93. The van der Waals surface area contributed by atoms with Gasteiger partial charge >= 0.3 is 0 Å². The molecule has 0 aromatic heterocycles. The number of hydrogen-bond donors (Lipinski definition) is 1. The van der Waals surface area contributed by atoms with Crippen molar-refractivity contribution in [2.75, 3.05) is 24.2 Å². The second kappa shape index (κ2) is 13.9. The topological polar surface area (TPSA) is 96.0 Å². The van der Waals surface area contributed by atoms with E-state index < -0.39 is 28.5 Å². The van der Waals surface area contributed by atoms with Gasteiger partial charge < -0.3 is 15.0 Å². The maximum absolute atomic E-state index is 14.1. The number of benzene rings is 3. The van der Waals surface area contributed by atoms with Crippen molar-refractivity contribution in [3.8, 4) is 5.75 Å². The van der Waals surface area contributed by atoms with E-state index >= 15 is 0 Å². The zero-order valence-electron chi connectivity index (χ0n) is 22.8. The van der Waals surface area contributed by atoms with E-state index in [0.717, 1.165) is 16.1 Å². The lowest BCUT2D eigenvalue weighted by Crippen LogP contribution is -2.54. The first-order valence-corrected chi connectivity index (χ1v) is 15.2. The Morgan fingerprint density at radius 2 is 1.55 bits per heavy atom. The molecule has 2 amide bonds. The third-order valence-corrected chi connectivity index (χ3v) is 7.58. The zero-order valence-corrected chi connectivity index (χ0v) is 25.1. The van der Waals surface area contributed by atoms with Crippen LogP contribution in [0.2, 0.25) is 10.0 Å². The minimum atomic E-state index is -3.94. The van der Waals surface area contributed by atoms with Gasteiger partial charge in [0.15, 0.2) is 0 Å². The van der Waals surface area contributed by atoms with Gasteiger partial charge in [0, 0.05) is 29.1 Å². The Hall–Kier alpha value is -3.27. The number of carbonyl (C=O) groups is 2. The van der Waals surface area contributed by atoms with Crippen molar-refractivity contribution in [2.45, 2.75) is 38.9 Å². The molecule has 1 N–H and O–H groups in total. The quantitative estimate of drug-likeness (QED) is 0.316. The van der Waals surface area contributed by atoms with Crippen LogP contribution in [0.1, 0.15) is 25.0 Å². The Morgan fingerprint density at radius 3 is 2.12 bits per heavy atom.